The number of aromatic nitrogens is 4. The molecule has 0 unspecified atom stereocenters. The molecule has 4 rings (SSSR count). The number of fused-ring (bicyclic) bond motifs is 1. The zero-order chi connectivity index (χ0) is 22.7. The topological polar surface area (TPSA) is 99.7 Å². The van der Waals surface area contributed by atoms with Gasteiger partial charge in [0, 0.05) is 29.4 Å². The fraction of sp³-hybridized carbons (Fsp3) is 0.217. The minimum absolute atomic E-state index is 0.0801. The molecule has 1 amide bonds. The van der Waals surface area contributed by atoms with Crippen molar-refractivity contribution in [1.29, 1.82) is 0 Å². The highest BCUT2D eigenvalue weighted by Gasteiger charge is 2.11. The normalized spacial score (nSPS) is 11.0. The SMILES string of the molecule is COc1cccc(C(=O)Nc2cccc(OCc3cc(=O)n4c(ncn4C(C)C)n3)c2)c1. The van der Waals surface area contributed by atoms with Crippen LogP contribution in [0.5, 0.6) is 11.5 Å². The second kappa shape index (κ2) is 8.93. The van der Waals surface area contributed by atoms with Gasteiger partial charge in [-0.2, -0.15) is 9.50 Å². The molecule has 2 aromatic carbocycles. The fourth-order valence-electron chi connectivity index (χ4n) is 3.20. The molecule has 9 heteroatoms. The van der Waals surface area contributed by atoms with Crippen LogP contribution in [0.3, 0.4) is 0 Å². The van der Waals surface area contributed by atoms with E-state index in [-0.39, 0.29) is 24.1 Å². The first-order valence-electron chi connectivity index (χ1n) is 10.1. The van der Waals surface area contributed by atoms with Crippen molar-refractivity contribution in [2.24, 2.45) is 0 Å². The Morgan fingerprint density at radius 3 is 2.66 bits per heavy atom. The van der Waals surface area contributed by atoms with Gasteiger partial charge in [0.25, 0.3) is 17.2 Å². The van der Waals surface area contributed by atoms with E-state index < -0.39 is 0 Å². The molecule has 9 nitrogen and oxygen atoms in total. The van der Waals surface area contributed by atoms with Gasteiger partial charge in [-0.1, -0.05) is 12.1 Å². The Kier molecular flexibility index (Phi) is 5.89. The predicted octanol–water partition coefficient (Wildman–Crippen LogP) is 3.31. The van der Waals surface area contributed by atoms with Crippen LogP contribution < -0.4 is 20.3 Å². The van der Waals surface area contributed by atoms with Gasteiger partial charge in [0.15, 0.2) is 0 Å². The van der Waals surface area contributed by atoms with Crippen molar-refractivity contribution in [3.8, 4) is 11.5 Å². The van der Waals surface area contributed by atoms with Gasteiger partial charge < -0.3 is 14.8 Å². The molecule has 0 aliphatic carbocycles. The second-order valence-corrected chi connectivity index (χ2v) is 7.42. The summed E-state index contributed by atoms with van der Waals surface area (Å²) in [4.78, 5) is 33.6. The average Bonchev–Trinajstić information content (AvgIpc) is 3.23. The van der Waals surface area contributed by atoms with Gasteiger partial charge >= 0.3 is 0 Å². The summed E-state index contributed by atoms with van der Waals surface area (Å²) < 4.78 is 14.1. The van der Waals surface area contributed by atoms with Crippen LogP contribution in [-0.2, 0) is 6.61 Å². The molecule has 2 heterocycles. The molecule has 4 aromatic rings. The molecule has 0 saturated heterocycles. The summed E-state index contributed by atoms with van der Waals surface area (Å²) in [5.74, 6) is 1.20. The maximum absolute atomic E-state index is 12.5. The number of benzene rings is 2. The summed E-state index contributed by atoms with van der Waals surface area (Å²) in [5.41, 5.74) is 1.30. The molecular weight excluding hydrogens is 410 g/mol. The monoisotopic (exact) mass is 433 g/mol. The summed E-state index contributed by atoms with van der Waals surface area (Å²) in [5, 5.41) is 2.84. The second-order valence-electron chi connectivity index (χ2n) is 7.42. The molecule has 0 fully saturated rings. The molecule has 164 valence electrons. The fourth-order valence-corrected chi connectivity index (χ4v) is 3.20. The van der Waals surface area contributed by atoms with Crippen LogP contribution in [0.25, 0.3) is 5.78 Å². The van der Waals surface area contributed by atoms with Crippen molar-refractivity contribution < 1.29 is 14.3 Å². The number of nitrogens with one attached hydrogen (secondary N) is 1. The average molecular weight is 433 g/mol. The van der Waals surface area contributed by atoms with E-state index in [1.165, 1.54) is 10.6 Å². The first kappa shape index (κ1) is 21.1. The Bertz CT molecular complexity index is 1330. The van der Waals surface area contributed by atoms with Crippen LogP contribution in [0.4, 0.5) is 5.69 Å². The van der Waals surface area contributed by atoms with Crippen LogP contribution in [0.15, 0.2) is 65.7 Å². The number of rotatable bonds is 7. The Labute approximate surface area is 184 Å². The van der Waals surface area contributed by atoms with Crippen LogP contribution in [0, 0.1) is 0 Å². The highest BCUT2D eigenvalue weighted by Crippen LogP contribution is 2.20. The zero-order valence-electron chi connectivity index (χ0n) is 18.0. The quantitative estimate of drug-likeness (QED) is 0.480. The van der Waals surface area contributed by atoms with Crippen molar-refractivity contribution in [2.75, 3.05) is 12.4 Å². The molecule has 32 heavy (non-hydrogen) atoms. The smallest absolute Gasteiger partial charge is 0.274 e. The third kappa shape index (κ3) is 4.46. The number of hydrogen-bond acceptors (Lipinski definition) is 6. The largest absolute Gasteiger partial charge is 0.497 e. The number of carbonyl (C=O) groups is 1. The van der Waals surface area contributed by atoms with E-state index in [0.717, 1.165) is 0 Å². The molecule has 2 aromatic heterocycles. The number of nitrogens with zero attached hydrogens (tertiary/aromatic N) is 4. The third-order valence-electron chi connectivity index (χ3n) is 4.79. The Morgan fingerprint density at radius 1 is 1.09 bits per heavy atom. The molecule has 1 N–H and O–H groups in total. The molecule has 0 bridgehead atoms. The third-order valence-corrected chi connectivity index (χ3v) is 4.79. The molecule has 0 aliphatic rings. The van der Waals surface area contributed by atoms with Crippen LogP contribution in [-0.4, -0.2) is 32.2 Å². The van der Waals surface area contributed by atoms with Crippen molar-refractivity contribution in [2.45, 2.75) is 26.5 Å². The van der Waals surface area contributed by atoms with E-state index in [4.69, 9.17) is 9.47 Å². The van der Waals surface area contributed by atoms with E-state index in [1.807, 2.05) is 13.8 Å². The molecule has 0 saturated carbocycles. The number of carbonyl (C=O) groups excluding carboxylic acids is 1. The summed E-state index contributed by atoms with van der Waals surface area (Å²) in [6.07, 6.45) is 1.59. The lowest BCUT2D eigenvalue weighted by Gasteiger charge is -2.10. The number of hydrogen-bond donors (Lipinski definition) is 1. The van der Waals surface area contributed by atoms with Crippen molar-refractivity contribution in [1.82, 2.24) is 19.2 Å². The number of methoxy groups -OCH3 is 1. The summed E-state index contributed by atoms with van der Waals surface area (Å²) in [6, 6.07) is 15.4. The van der Waals surface area contributed by atoms with Gasteiger partial charge in [0.05, 0.1) is 12.8 Å². The summed E-state index contributed by atoms with van der Waals surface area (Å²) in [6.45, 7) is 4.02. The van der Waals surface area contributed by atoms with Gasteiger partial charge in [-0.05, 0) is 44.2 Å². The summed E-state index contributed by atoms with van der Waals surface area (Å²) >= 11 is 0. The maximum atomic E-state index is 12.5. The minimum atomic E-state index is -0.262. The standard InChI is InChI=1S/C23H23N5O4/c1-15(2)27-14-24-23-26-18(12-21(29)28(23)27)13-32-20-9-5-7-17(11-20)25-22(30)16-6-4-8-19(10-16)31-3/h4-12,14-15H,13H2,1-3H3,(H,25,30). The van der Waals surface area contributed by atoms with Gasteiger partial charge in [0.2, 0.25) is 0 Å². The number of amides is 1. The van der Waals surface area contributed by atoms with Crippen LogP contribution >= 0.6 is 0 Å². The zero-order valence-corrected chi connectivity index (χ0v) is 18.0. The molecule has 0 atom stereocenters. The van der Waals surface area contributed by atoms with E-state index in [1.54, 1.807) is 66.6 Å². The van der Waals surface area contributed by atoms with Gasteiger partial charge in [-0.3, -0.25) is 14.3 Å². The van der Waals surface area contributed by atoms with E-state index in [0.29, 0.717) is 34.2 Å². The molecular formula is C23H23N5O4. The Balaban J connectivity index is 1.46. The number of ether oxygens (including phenoxy) is 2. The Hall–Kier alpha value is -4.14. The number of anilines is 1. The van der Waals surface area contributed by atoms with Crippen LogP contribution in [0.1, 0.15) is 35.9 Å². The van der Waals surface area contributed by atoms with Gasteiger partial charge in [-0.25, -0.2) is 4.98 Å². The van der Waals surface area contributed by atoms with E-state index in [9.17, 15) is 9.59 Å². The highest BCUT2D eigenvalue weighted by atomic mass is 16.5. The van der Waals surface area contributed by atoms with Gasteiger partial charge in [0.1, 0.15) is 24.4 Å². The van der Waals surface area contributed by atoms with Crippen molar-refractivity contribution in [3.05, 3.63) is 82.5 Å². The lowest BCUT2D eigenvalue weighted by molar-refractivity contribution is 0.102. The maximum Gasteiger partial charge on any atom is 0.274 e. The van der Waals surface area contributed by atoms with E-state index >= 15 is 0 Å². The highest BCUT2D eigenvalue weighted by molar-refractivity contribution is 6.04. The van der Waals surface area contributed by atoms with Gasteiger partial charge in [-0.15, -0.1) is 0 Å². The predicted molar refractivity (Wildman–Crippen MR) is 119 cm³/mol. The summed E-state index contributed by atoms with van der Waals surface area (Å²) in [7, 11) is 1.55. The van der Waals surface area contributed by atoms with Crippen molar-refractivity contribution >= 4 is 17.4 Å². The minimum Gasteiger partial charge on any atom is -0.497 e. The molecule has 0 aliphatic heterocycles. The lowest BCUT2D eigenvalue weighted by atomic mass is 10.2. The van der Waals surface area contributed by atoms with E-state index in [2.05, 4.69) is 15.3 Å². The Morgan fingerprint density at radius 2 is 1.88 bits per heavy atom. The van der Waals surface area contributed by atoms with Crippen molar-refractivity contribution in [3.63, 3.8) is 0 Å². The molecule has 0 radical (unpaired) electrons. The first-order chi connectivity index (χ1) is 15.4. The van der Waals surface area contributed by atoms with Crippen LogP contribution in [0.2, 0.25) is 0 Å². The lowest BCUT2D eigenvalue weighted by Crippen LogP contribution is -2.23. The molecule has 0 spiro atoms. The first-order valence-corrected chi connectivity index (χ1v) is 10.1.